The van der Waals surface area contributed by atoms with Crippen molar-refractivity contribution in [3.63, 3.8) is 0 Å². The molecule has 5 heteroatoms. The molecule has 1 atom stereocenters. The van der Waals surface area contributed by atoms with Crippen LogP contribution in [0.15, 0.2) is 35.2 Å². The minimum Gasteiger partial charge on any atom is -0.207 e. The molecule has 0 aliphatic carbocycles. The van der Waals surface area contributed by atoms with E-state index in [-0.39, 0.29) is 5.37 Å². The second kappa shape index (κ2) is 4.15. The first-order valence-corrected chi connectivity index (χ1v) is 7.30. The number of nitrogens with zero attached hydrogens (tertiary/aromatic N) is 1. The van der Waals surface area contributed by atoms with Crippen LogP contribution < -0.4 is 0 Å². The quantitative estimate of drug-likeness (QED) is 0.794. The van der Waals surface area contributed by atoms with Gasteiger partial charge in [-0.05, 0) is 19.1 Å². The predicted molar refractivity (Wildman–Crippen MR) is 62.3 cm³/mol. The summed E-state index contributed by atoms with van der Waals surface area (Å²) in [5.74, 6) is 0.882. The molecule has 2 rings (SSSR count). The Kier molecular flexibility index (Phi) is 3.04. The summed E-state index contributed by atoms with van der Waals surface area (Å²) >= 11 is 1.67. The fourth-order valence-corrected chi connectivity index (χ4v) is 4.67. The van der Waals surface area contributed by atoms with Gasteiger partial charge in [0, 0.05) is 12.3 Å². The number of benzene rings is 1. The van der Waals surface area contributed by atoms with Gasteiger partial charge in [0.1, 0.15) is 0 Å². The molecule has 15 heavy (non-hydrogen) atoms. The summed E-state index contributed by atoms with van der Waals surface area (Å²) in [6.45, 7) is 2.54. The minimum absolute atomic E-state index is 0.0511. The van der Waals surface area contributed by atoms with Crippen molar-refractivity contribution in [3.05, 3.63) is 30.3 Å². The van der Waals surface area contributed by atoms with Gasteiger partial charge in [-0.2, -0.15) is 4.31 Å². The normalized spacial score (nSPS) is 23.1. The molecule has 1 aliphatic rings. The molecule has 0 N–H and O–H groups in total. The largest absolute Gasteiger partial charge is 0.244 e. The van der Waals surface area contributed by atoms with Gasteiger partial charge in [-0.25, -0.2) is 8.42 Å². The first kappa shape index (κ1) is 11.0. The Morgan fingerprint density at radius 1 is 1.33 bits per heavy atom. The molecule has 1 aromatic carbocycles. The highest BCUT2D eigenvalue weighted by molar-refractivity contribution is 8.01. The Morgan fingerprint density at radius 2 is 2.00 bits per heavy atom. The van der Waals surface area contributed by atoms with E-state index >= 15 is 0 Å². The van der Waals surface area contributed by atoms with Gasteiger partial charge in [0.2, 0.25) is 10.0 Å². The fourth-order valence-electron chi connectivity index (χ4n) is 1.62. The van der Waals surface area contributed by atoms with Crippen molar-refractivity contribution in [2.24, 2.45) is 0 Å². The SMILES string of the molecule is CC1SCCN1S(=O)(=O)c1ccccc1. The van der Waals surface area contributed by atoms with E-state index in [9.17, 15) is 8.42 Å². The molecule has 1 saturated heterocycles. The third kappa shape index (κ3) is 2.04. The molecular formula is C10H13NO2S2. The lowest BCUT2D eigenvalue weighted by Gasteiger charge is -2.19. The van der Waals surface area contributed by atoms with Crippen molar-refractivity contribution in [1.29, 1.82) is 0 Å². The molecular weight excluding hydrogens is 230 g/mol. The zero-order chi connectivity index (χ0) is 10.9. The van der Waals surface area contributed by atoms with E-state index in [1.807, 2.05) is 13.0 Å². The van der Waals surface area contributed by atoms with Crippen molar-refractivity contribution in [1.82, 2.24) is 4.31 Å². The topological polar surface area (TPSA) is 37.4 Å². The van der Waals surface area contributed by atoms with Crippen molar-refractivity contribution in [2.75, 3.05) is 12.3 Å². The molecule has 1 aromatic rings. The smallest absolute Gasteiger partial charge is 0.207 e. The Bertz CT molecular complexity index is 430. The molecule has 82 valence electrons. The van der Waals surface area contributed by atoms with E-state index in [1.54, 1.807) is 40.3 Å². The van der Waals surface area contributed by atoms with Gasteiger partial charge in [-0.1, -0.05) is 18.2 Å². The summed E-state index contributed by atoms with van der Waals surface area (Å²) in [6, 6.07) is 8.61. The van der Waals surface area contributed by atoms with Crippen LogP contribution in [0.2, 0.25) is 0 Å². The third-order valence-electron chi connectivity index (χ3n) is 2.43. The van der Waals surface area contributed by atoms with Crippen LogP contribution >= 0.6 is 11.8 Å². The maximum absolute atomic E-state index is 12.2. The van der Waals surface area contributed by atoms with Crippen LogP contribution in [0.1, 0.15) is 6.92 Å². The lowest BCUT2D eigenvalue weighted by Crippen LogP contribution is -2.33. The van der Waals surface area contributed by atoms with Crippen LogP contribution in [0.5, 0.6) is 0 Å². The number of sulfonamides is 1. The lowest BCUT2D eigenvalue weighted by molar-refractivity contribution is 0.442. The van der Waals surface area contributed by atoms with E-state index in [1.165, 1.54) is 0 Å². The molecule has 0 radical (unpaired) electrons. The van der Waals surface area contributed by atoms with Crippen LogP contribution in [0.25, 0.3) is 0 Å². The molecule has 0 bridgehead atoms. The molecule has 3 nitrogen and oxygen atoms in total. The second-order valence-electron chi connectivity index (χ2n) is 3.40. The van der Waals surface area contributed by atoms with E-state index < -0.39 is 10.0 Å². The van der Waals surface area contributed by atoms with Gasteiger partial charge >= 0.3 is 0 Å². The van der Waals surface area contributed by atoms with Gasteiger partial charge in [-0.3, -0.25) is 0 Å². The van der Waals surface area contributed by atoms with Crippen LogP contribution in [-0.4, -0.2) is 30.4 Å². The summed E-state index contributed by atoms with van der Waals surface area (Å²) in [5, 5.41) is 0.0511. The predicted octanol–water partition coefficient (Wildman–Crippen LogP) is 1.77. The van der Waals surface area contributed by atoms with Crippen molar-refractivity contribution >= 4 is 21.8 Å². The van der Waals surface area contributed by atoms with E-state index in [2.05, 4.69) is 0 Å². The summed E-state index contributed by atoms with van der Waals surface area (Å²) in [5.41, 5.74) is 0. The van der Waals surface area contributed by atoms with Crippen LogP contribution in [0.4, 0.5) is 0 Å². The van der Waals surface area contributed by atoms with E-state index in [0.717, 1.165) is 5.75 Å². The minimum atomic E-state index is -3.28. The Balaban J connectivity index is 2.35. The molecule has 1 fully saturated rings. The van der Waals surface area contributed by atoms with Gasteiger partial charge in [0.05, 0.1) is 10.3 Å². The number of hydrogen-bond acceptors (Lipinski definition) is 3. The number of thioether (sulfide) groups is 1. The van der Waals surface area contributed by atoms with E-state index in [0.29, 0.717) is 11.4 Å². The van der Waals surface area contributed by atoms with Crippen LogP contribution in [0, 0.1) is 0 Å². The summed E-state index contributed by atoms with van der Waals surface area (Å²) in [7, 11) is -3.28. The lowest BCUT2D eigenvalue weighted by atomic mass is 10.4. The standard InChI is InChI=1S/C10H13NO2S2/c1-9-11(7-8-14-9)15(12,13)10-5-3-2-4-6-10/h2-6,9H,7-8H2,1H3. The Hall–Kier alpha value is -0.520. The van der Waals surface area contributed by atoms with Crippen molar-refractivity contribution in [3.8, 4) is 0 Å². The average Bonchev–Trinajstić information content (AvgIpc) is 2.66. The molecule has 1 unspecified atom stereocenters. The highest BCUT2D eigenvalue weighted by Gasteiger charge is 2.32. The monoisotopic (exact) mass is 243 g/mol. The summed E-state index contributed by atoms with van der Waals surface area (Å²) < 4.78 is 25.9. The van der Waals surface area contributed by atoms with Crippen molar-refractivity contribution in [2.45, 2.75) is 17.2 Å². The molecule has 0 amide bonds. The molecule has 1 aliphatic heterocycles. The van der Waals surface area contributed by atoms with Crippen LogP contribution in [0.3, 0.4) is 0 Å². The molecule has 0 spiro atoms. The highest BCUT2D eigenvalue weighted by atomic mass is 32.2. The van der Waals surface area contributed by atoms with Crippen molar-refractivity contribution < 1.29 is 8.42 Å². The van der Waals surface area contributed by atoms with E-state index in [4.69, 9.17) is 0 Å². The van der Waals surface area contributed by atoms with Gasteiger partial charge in [-0.15, -0.1) is 11.8 Å². The fraction of sp³-hybridized carbons (Fsp3) is 0.400. The first-order chi connectivity index (χ1) is 7.12. The molecule has 1 heterocycles. The summed E-state index contributed by atoms with van der Waals surface area (Å²) in [6.07, 6.45) is 0. The zero-order valence-corrected chi connectivity index (χ0v) is 10.1. The zero-order valence-electron chi connectivity index (χ0n) is 8.46. The van der Waals surface area contributed by atoms with Gasteiger partial charge < -0.3 is 0 Å². The maximum atomic E-state index is 12.2. The van der Waals surface area contributed by atoms with Gasteiger partial charge in [0.25, 0.3) is 0 Å². The first-order valence-electron chi connectivity index (χ1n) is 4.81. The average molecular weight is 243 g/mol. The number of rotatable bonds is 2. The second-order valence-corrected chi connectivity index (χ2v) is 6.71. The molecule has 0 saturated carbocycles. The number of hydrogen-bond donors (Lipinski definition) is 0. The Morgan fingerprint density at radius 3 is 2.53 bits per heavy atom. The van der Waals surface area contributed by atoms with Gasteiger partial charge in [0.15, 0.2) is 0 Å². The maximum Gasteiger partial charge on any atom is 0.244 e. The highest BCUT2D eigenvalue weighted by Crippen LogP contribution is 2.29. The molecule has 0 aromatic heterocycles. The van der Waals surface area contributed by atoms with Crippen LogP contribution in [-0.2, 0) is 10.0 Å². The third-order valence-corrected chi connectivity index (χ3v) is 5.70. The Labute approximate surface area is 94.5 Å². The summed E-state index contributed by atoms with van der Waals surface area (Å²) in [4.78, 5) is 0.388.